The number of nitrogens with one attached hydrogen (secondary N) is 1. The Morgan fingerprint density at radius 2 is 1.63 bits per heavy atom. The third kappa shape index (κ3) is 5.66. The third-order valence-electron chi connectivity index (χ3n) is 6.81. The number of carbonyl (C=O) groups excluding carboxylic acids is 1. The molecule has 0 saturated carbocycles. The second kappa shape index (κ2) is 11.4. The van der Waals surface area contributed by atoms with E-state index in [1.807, 2.05) is 44.2 Å². The molecule has 0 fully saturated rings. The number of nitrogen functional groups attached to an aromatic ring is 1. The highest BCUT2D eigenvalue weighted by Crippen LogP contribution is 2.41. The zero-order valence-electron chi connectivity index (χ0n) is 21.0. The molecule has 5 N–H and O–H groups in total. The Morgan fingerprint density at radius 3 is 2.20 bits per heavy atom. The Labute approximate surface area is 207 Å². The summed E-state index contributed by atoms with van der Waals surface area (Å²) in [7, 11) is 0. The van der Waals surface area contributed by atoms with Crippen LogP contribution in [0.1, 0.15) is 59.3 Å². The topological polar surface area (TPSA) is 105 Å². The molecule has 1 atom stereocenters. The maximum Gasteiger partial charge on any atom is 0.255 e. The number of para-hydroxylation sites is 2. The van der Waals surface area contributed by atoms with Crippen molar-refractivity contribution in [1.82, 2.24) is 0 Å². The highest BCUT2D eigenvalue weighted by atomic mass is 16.5. The summed E-state index contributed by atoms with van der Waals surface area (Å²) in [5.74, 6) is 0.499. The zero-order valence-corrected chi connectivity index (χ0v) is 21.0. The van der Waals surface area contributed by atoms with Crippen LogP contribution in [0.3, 0.4) is 0 Å². The van der Waals surface area contributed by atoms with E-state index < -0.39 is 6.10 Å². The van der Waals surface area contributed by atoms with Gasteiger partial charge in [-0.15, -0.1) is 0 Å². The normalized spacial score (nSPS) is 12.3. The number of carbonyl (C=O) groups is 1. The van der Waals surface area contributed by atoms with E-state index in [0.717, 1.165) is 29.5 Å². The highest BCUT2D eigenvalue weighted by Gasteiger charge is 2.32. The molecule has 3 aromatic carbocycles. The summed E-state index contributed by atoms with van der Waals surface area (Å²) >= 11 is 0. The first-order valence-electron chi connectivity index (χ1n) is 12.1. The Morgan fingerprint density at radius 1 is 1.00 bits per heavy atom. The van der Waals surface area contributed by atoms with E-state index in [2.05, 4.69) is 37.4 Å². The van der Waals surface area contributed by atoms with Gasteiger partial charge in [0, 0.05) is 11.0 Å². The monoisotopic (exact) mass is 476 g/mol. The first kappa shape index (κ1) is 26.3. The summed E-state index contributed by atoms with van der Waals surface area (Å²) in [5, 5.41) is 21.5. The summed E-state index contributed by atoms with van der Waals surface area (Å²) in [6.45, 7) is 7.99. The number of nitrogens with two attached hydrogens (primary N) is 1. The van der Waals surface area contributed by atoms with Gasteiger partial charge in [0.05, 0.1) is 18.0 Å². The largest absolute Gasteiger partial charge is 0.491 e. The Hall–Kier alpha value is -3.35. The quantitative estimate of drug-likeness (QED) is 0.309. The predicted molar refractivity (Wildman–Crippen MR) is 141 cm³/mol. The molecule has 0 aliphatic rings. The van der Waals surface area contributed by atoms with Crippen LogP contribution in [-0.4, -0.2) is 35.4 Å². The number of anilines is 2. The van der Waals surface area contributed by atoms with Gasteiger partial charge in [-0.2, -0.15) is 0 Å². The molecular weight excluding hydrogens is 440 g/mol. The molecule has 3 aromatic rings. The van der Waals surface area contributed by atoms with Crippen LogP contribution in [0.2, 0.25) is 0 Å². The van der Waals surface area contributed by atoms with Gasteiger partial charge in [0.1, 0.15) is 18.5 Å². The first-order chi connectivity index (χ1) is 16.7. The maximum atomic E-state index is 13.0. The van der Waals surface area contributed by atoms with Crippen LogP contribution in [0.15, 0.2) is 60.7 Å². The fourth-order valence-electron chi connectivity index (χ4n) is 4.60. The average molecular weight is 477 g/mol. The number of rotatable bonds is 10. The standard InChI is InChI=1S/C29H36N2O4/c1-5-29(6-2,22-12-14-27(20(4)16-22)35-18-23(33)17-32)21-11-13-24(19(3)15-21)28(34)31-26-10-8-7-9-25(26)30/h7-16,23,32-33H,5-6,17-18,30H2,1-4H3,(H,31,34). The minimum absolute atomic E-state index is 0.0424. The Bertz CT molecular complexity index is 1170. The first-order valence-corrected chi connectivity index (χ1v) is 12.1. The Kier molecular flexibility index (Phi) is 8.54. The smallest absolute Gasteiger partial charge is 0.255 e. The number of aryl methyl sites for hydroxylation is 2. The molecular formula is C29H36N2O4. The molecule has 35 heavy (non-hydrogen) atoms. The molecule has 0 saturated heterocycles. The number of ether oxygens (including phenoxy) is 1. The van der Waals surface area contributed by atoms with Crippen LogP contribution in [0.4, 0.5) is 11.4 Å². The molecule has 0 aliphatic carbocycles. The van der Waals surface area contributed by atoms with Gasteiger partial charge < -0.3 is 26.0 Å². The molecule has 0 radical (unpaired) electrons. The number of benzene rings is 3. The molecule has 3 rings (SSSR count). The van der Waals surface area contributed by atoms with Crippen molar-refractivity contribution >= 4 is 17.3 Å². The third-order valence-corrected chi connectivity index (χ3v) is 6.81. The van der Waals surface area contributed by atoms with Crippen molar-refractivity contribution in [2.45, 2.75) is 52.1 Å². The van der Waals surface area contributed by atoms with Crippen LogP contribution < -0.4 is 15.8 Å². The molecule has 6 heteroatoms. The van der Waals surface area contributed by atoms with Gasteiger partial charge in [-0.3, -0.25) is 4.79 Å². The van der Waals surface area contributed by atoms with Crippen molar-refractivity contribution in [2.75, 3.05) is 24.3 Å². The SMILES string of the molecule is CCC(CC)(c1ccc(OCC(O)CO)c(C)c1)c1ccc(C(=O)Nc2ccccc2N)c(C)c1. The van der Waals surface area contributed by atoms with Crippen molar-refractivity contribution < 1.29 is 19.7 Å². The minimum atomic E-state index is -0.906. The molecule has 0 spiro atoms. The molecule has 0 aliphatic heterocycles. The molecule has 0 heterocycles. The van der Waals surface area contributed by atoms with Crippen molar-refractivity contribution in [3.05, 3.63) is 88.5 Å². The van der Waals surface area contributed by atoms with Crippen LogP contribution in [0, 0.1) is 13.8 Å². The van der Waals surface area contributed by atoms with E-state index in [1.54, 1.807) is 12.1 Å². The van der Waals surface area contributed by atoms with Gasteiger partial charge in [0.15, 0.2) is 0 Å². The number of hydrogen-bond acceptors (Lipinski definition) is 5. The van der Waals surface area contributed by atoms with E-state index >= 15 is 0 Å². The van der Waals surface area contributed by atoms with Gasteiger partial charge in [0.2, 0.25) is 0 Å². The Balaban J connectivity index is 1.90. The molecule has 1 unspecified atom stereocenters. The summed E-state index contributed by atoms with van der Waals surface area (Å²) in [6.07, 6.45) is 0.868. The van der Waals surface area contributed by atoms with Gasteiger partial charge in [-0.1, -0.05) is 50.2 Å². The number of aliphatic hydroxyl groups is 2. The molecule has 0 aromatic heterocycles. The van der Waals surface area contributed by atoms with E-state index in [1.165, 1.54) is 5.56 Å². The second-order valence-corrected chi connectivity index (χ2v) is 8.99. The summed E-state index contributed by atoms with van der Waals surface area (Å²) < 4.78 is 5.69. The molecule has 186 valence electrons. The maximum absolute atomic E-state index is 13.0. The lowest BCUT2D eigenvalue weighted by Crippen LogP contribution is -2.27. The van der Waals surface area contributed by atoms with Crippen LogP contribution >= 0.6 is 0 Å². The van der Waals surface area contributed by atoms with Crippen molar-refractivity contribution in [1.29, 1.82) is 0 Å². The molecule has 0 bridgehead atoms. The second-order valence-electron chi connectivity index (χ2n) is 8.99. The summed E-state index contributed by atoms with van der Waals surface area (Å²) in [5.41, 5.74) is 11.7. The number of amides is 1. The lowest BCUT2D eigenvalue weighted by molar-refractivity contribution is 0.0534. The number of aliphatic hydroxyl groups excluding tert-OH is 2. The predicted octanol–water partition coefficient (Wildman–Crippen LogP) is 4.98. The average Bonchev–Trinajstić information content (AvgIpc) is 2.85. The minimum Gasteiger partial charge on any atom is -0.491 e. The van der Waals surface area contributed by atoms with Crippen molar-refractivity contribution in [2.24, 2.45) is 0 Å². The summed E-state index contributed by atoms with van der Waals surface area (Å²) in [4.78, 5) is 13.0. The highest BCUT2D eigenvalue weighted by molar-refractivity contribution is 6.06. The van der Waals surface area contributed by atoms with Gasteiger partial charge in [-0.05, 0) is 73.2 Å². The van der Waals surface area contributed by atoms with E-state index in [9.17, 15) is 9.90 Å². The fourth-order valence-corrected chi connectivity index (χ4v) is 4.60. The zero-order chi connectivity index (χ0) is 25.6. The van der Waals surface area contributed by atoms with Gasteiger partial charge in [-0.25, -0.2) is 0 Å². The molecule has 1 amide bonds. The van der Waals surface area contributed by atoms with Crippen molar-refractivity contribution in [3.8, 4) is 5.75 Å². The lowest BCUT2D eigenvalue weighted by atomic mass is 9.70. The van der Waals surface area contributed by atoms with E-state index in [-0.39, 0.29) is 24.5 Å². The van der Waals surface area contributed by atoms with Crippen LogP contribution in [0.5, 0.6) is 5.75 Å². The fraction of sp³-hybridized carbons (Fsp3) is 0.345. The van der Waals surface area contributed by atoms with E-state index in [0.29, 0.717) is 22.7 Å². The van der Waals surface area contributed by atoms with Crippen LogP contribution in [-0.2, 0) is 5.41 Å². The number of hydrogen-bond donors (Lipinski definition) is 4. The lowest BCUT2D eigenvalue weighted by Gasteiger charge is -2.34. The van der Waals surface area contributed by atoms with Crippen LogP contribution in [0.25, 0.3) is 0 Å². The molecule has 6 nitrogen and oxygen atoms in total. The summed E-state index contributed by atoms with van der Waals surface area (Å²) in [6, 6.07) is 19.4. The van der Waals surface area contributed by atoms with Crippen molar-refractivity contribution in [3.63, 3.8) is 0 Å². The van der Waals surface area contributed by atoms with E-state index in [4.69, 9.17) is 15.6 Å². The van der Waals surface area contributed by atoms with Gasteiger partial charge >= 0.3 is 0 Å². The van der Waals surface area contributed by atoms with Gasteiger partial charge in [0.25, 0.3) is 5.91 Å².